The van der Waals surface area contributed by atoms with E-state index in [1.807, 2.05) is 12.1 Å². The Hall–Kier alpha value is -0.530. The van der Waals surface area contributed by atoms with Crippen molar-refractivity contribution in [3.63, 3.8) is 0 Å². The summed E-state index contributed by atoms with van der Waals surface area (Å²) < 4.78 is 0. The molecule has 1 nitrogen and oxygen atoms in total. The molecule has 0 heterocycles. The smallest absolute Gasteiger partial charge is 0.0406 e. The van der Waals surface area contributed by atoms with Gasteiger partial charge in [-0.1, -0.05) is 44.0 Å². The van der Waals surface area contributed by atoms with Crippen LogP contribution in [-0.4, -0.2) is 12.1 Å². The van der Waals surface area contributed by atoms with Gasteiger partial charge >= 0.3 is 0 Å². The highest BCUT2D eigenvalue weighted by Crippen LogP contribution is 2.21. The first-order valence-corrected chi connectivity index (χ1v) is 7.69. The average Bonchev–Trinajstić information content (AvgIpc) is 2.34. The Kier molecular flexibility index (Phi) is 6.35. The molecule has 0 amide bonds. The summed E-state index contributed by atoms with van der Waals surface area (Å²) in [6.45, 7) is 12.4. The van der Waals surface area contributed by atoms with E-state index in [0.717, 1.165) is 23.9 Å². The topological polar surface area (TPSA) is 12.0 Å². The Morgan fingerprint density at radius 1 is 1.16 bits per heavy atom. The van der Waals surface area contributed by atoms with Crippen molar-refractivity contribution in [2.45, 2.75) is 53.0 Å². The average molecular weight is 282 g/mol. The van der Waals surface area contributed by atoms with E-state index in [-0.39, 0.29) is 5.54 Å². The monoisotopic (exact) mass is 281 g/mol. The van der Waals surface area contributed by atoms with Crippen LogP contribution in [0.5, 0.6) is 0 Å². The van der Waals surface area contributed by atoms with E-state index in [4.69, 9.17) is 11.6 Å². The molecule has 0 aliphatic carbocycles. The van der Waals surface area contributed by atoms with Crippen LogP contribution in [0.25, 0.3) is 0 Å². The van der Waals surface area contributed by atoms with E-state index in [1.165, 1.54) is 12.0 Å². The van der Waals surface area contributed by atoms with Crippen LogP contribution < -0.4 is 5.32 Å². The fourth-order valence-corrected chi connectivity index (χ4v) is 2.29. The Morgan fingerprint density at radius 3 is 2.21 bits per heavy atom. The first-order chi connectivity index (χ1) is 8.81. The summed E-state index contributed by atoms with van der Waals surface area (Å²) >= 11 is 5.95. The molecular weight excluding hydrogens is 254 g/mol. The van der Waals surface area contributed by atoms with Gasteiger partial charge in [-0.2, -0.15) is 0 Å². The number of benzene rings is 1. The van der Waals surface area contributed by atoms with Gasteiger partial charge in [0.2, 0.25) is 0 Å². The summed E-state index contributed by atoms with van der Waals surface area (Å²) in [6.07, 6.45) is 2.35. The maximum Gasteiger partial charge on any atom is 0.0406 e. The Labute approximate surface area is 123 Å². The van der Waals surface area contributed by atoms with Crippen molar-refractivity contribution in [1.29, 1.82) is 0 Å². The molecule has 1 rings (SSSR count). The molecule has 1 aromatic rings. The highest BCUT2D eigenvalue weighted by molar-refractivity contribution is 6.30. The summed E-state index contributed by atoms with van der Waals surface area (Å²) in [5.74, 6) is 1.40. The van der Waals surface area contributed by atoms with Crippen molar-refractivity contribution in [2.75, 3.05) is 6.54 Å². The van der Waals surface area contributed by atoms with E-state index in [1.54, 1.807) is 0 Å². The van der Waals surface area contributed by atoms with Gasteiger partial charge in [0.15, 0.2) is 0 Å². The van der Waals surface area contributed by atoms with Gasteiger partial charge in [-0.25, -0.2) is 0 Å². The summed E-state index contributed by atoms with van der Waals surface area (Å²) in [4.78, 5) is 0. The standard InChI is InChI=1S/C17H28ClN/c1-6-13(2)15(12-19-17(3,4)5)11-14-7-9-16(18)10-8-14/h7-10,13,15,19H,6,11-12H2,1-5H3. The van der Waals surface area contributed by atoms with Crippen LogP contribution in [0.4, 0.5) is 0 Å². The second-order valence-electron chi connectivity index (χ2n) is 6.61. The van der Waals surface area contributed by atoms with Crippen LogP contribution in [0.15, 0.2) is 24.3 Å². The Balaban J connectivity index is 2.66. The third-order valence-corrected chi connectivity index (χ3v) is 4.01. The number of halogens is 1. The van der Waals surface area contributed by atoms with Crippen LogP contribution in [0.3, 0.4) is 0 Å². The minimum atomic E-state index is 0.186. The number of hydrogen-bond donors (Lipinski definition) is 1. The molecule has 0 saturated heterocycles. The van der Waals surface area contributed by atoms with Gasteiger partial charge in [0.1, 0.15) is 0 Å². The van der Waals surface area contributed by atoms with Crippen molar-refractivity contribution in [1.82, 2.24) is 5.32 Å². The zero-order valence-electron chi connectivity index (χ0n) is 13.0. The van der Waals surface area contributed by atoms with Gasteiger partial charge in [-0.3, -0.25) is 0 Å². The van der Waals surface area contributed by atoms with E-state index in [9.17, 15) is 0 Å². The first kappa shape index (κ1) is 16.5. The van der Waals surface area contributed by atoms with Crippen LogP contribution >= 0.6 is 11.6 Å². The molecule has 2 atom stereocenters. The maximum absolute atomic E-state index is 5.95. The van der Waals surface area contributed by atoms with Gasteiger partial charge in [-0.15, -0.1) is 0 Å². The predicted molar refractivity (Wildman–Crippen MR) is 85.9 cm³/mol. The lowest BCUT2D eigenvalue weighted by molar-refractivity contribution is 0.292. The second kappa shape index (κ2) is 7.31. The molecule has 108 valence electrons. The van der Waals surface area contributed by atoms with Gasteiger partial charge in [0, 0.05) is 10.6 Å². The SMILES string of the molecule is CCC(C)C(CNC(C)(C)C)Cc1ccc(Cl)cc1. The molecule has 0 bridgehead atoms. The van der Waals surface area contributed by atoms with Crippen LogP contribution in [-0.2, 0) is 6.42 Å². The number of rotatable bonds is 6. The number of hydrogen-bond acceptors (Lipinski definition) is 1. The molecule has 0 saturated carbocycles. The van der Waals surface area contributed by atoms with Crippen molar-refractivity contribution in [3.05, 3.63) is 34.9 Å². The summed E-state index contributed by atoms with van der Waals surface area (Å²) in [5, 5.41) is 4.46. The van der Waals surface area contributed by atoms with Crippen molar-refractivity contribution in [3.8, 4) is 0 Å². The molecule has 0 spiro atoms. The summed E-state index contributed by atoms with van der Waals surface area (Å²) in [5.41, 5.74) is 1.57. The highest BCUT2D eigenvalue weighted by Gasteiger charge is 2.19. The van der Waals surface area contributed by atoms with Gasteiger partial charge in [0.05, 0.1) is 0 Å². The molecule has 2 unspecified atom stereocenters. The van der Waals surface area contributed by atoms with Crippen LogP contribution in [0.1, 0.15) is 46.6 Å². The minimum absolute atomic E-state index is 0.186. The molecule has 19 heavy (non-hydrogen) atoms. The lowest BCUT2D eigenvalue weighted by atomic mass is 9.85. The lowest BCUT2D eigenvalue weighted by Crippen LogP contribution is -2.41. The van der Waals surface area contributed by atoms with Crippen LogP contribution in [0, 0.1) is 11.8 Å². The fraction of sp³-hybridized carbons (Fsp3) is 0.647. The van der Waals surface area contributed by atoms with E-state index in [2.05, 4.69) is 52.1 Å². The van der Waals surface area contributed by atoms with Crippen LogP contribution in [0.2, 0.25) is 5.02 Å². The van der Waals surface area contributed by atoms with Crippen molar-refractivity contribution in [2.24, 2.45) is 11.8 Å². The highest BCUT2D eigenvalue weighted by atomic mass is 35.5. The van der Waals surface area contributed by atoms with Crippen molar-refractivity contribution >= 4 is 11.6 Å². The molecule has 0 aliphatic rings. The molecule has 0 radical (unpaired) electrons. The number of nitrogens with one attached hydrogen (secondary N) is 1. The molecule has 2 heteroatoms. The van der Waals surface area contributed by atoms with E-state index in [0.29, 0.717) is 5.92 Å². The summed E-state index contributed by atoms with van der Waals surface area (Å²) in [6, 6.07) is 8.27. The third kappa shape index (κ3) is 6.44. The van der Waals surface area contributed by atoms with Gasteiger partial charge in [0.25, 0.3) is 0 Å². The van der Waals surface area contributed by atoms with Crippen molar-refractivity contribution < 1.29 is 0 Å². The fourth-order valence-electron chi connectivity index (χ4n) is 2.17. The van der Waals surface area contributed by atoms with Gasteiger partial charge < -0.3 is 5.32 Å². The normalized spacial score (nSPS) is 15.3. The quantitative estimate of drug-likeness (QED) is 0.779. The lowest BCUT2D eigenvalue weighted by Gasteiger charge is -2.29. The largest absolute Gasteiger partial charge is 0.312 e. The molecule has 0 aromatic heterocycles. The van der Waals surface area contributed by atoms with E-state index < -0.39 is 0 Å². The second-order valence-corrected chi connectivity index (χ2v) is 7.04. The molecule has 1 N–H and O–H groups in total. The summed E-state index contributed by atoms with van der Waals surface area (Å²) in [7, 11) is 0. The first-order valence-electron chi connectivity index (χ1n) is 7.31. The minimum Gasteiger partial charge on any atom is -0.312 e. The predicted octanol–water partition coefficient (Wildman–Crippen LogP) is 4.93. The molecule has 0 aliphatic heterocycles. The Bertz CT molecular complexity index is 364. The van der Waals surface area contributed by atoms with E-state index >= 15 is 0 Å². The zero-order chi connectivity index (χ0) is 14.5. The zero-order valence-corrected chi connectivity index (χ0v) is 13.7. The molecular formula is C17H28ClN. The maximum atomic E-state index is 5.95. The Morgan fingerprint density at radius 2 is 1.74 bits per heavy atom. The van der Waals surface area contributed by atoms with Gasteiger partial charge in [-0.05, 0) is 63.3 Å². The molecule has 0 fully saturated rings. The third-order valence-electron chi connectivity index (χ3n) is 3.75. The molecule has 1 aromatic carbocycles.